The van der Waals surface area contributed by atoms with Crippen molar-refractivity contribution >= 4 is 15.7 Å². The minimum absolute atomic E-state index is 0.198. The summed E-state index contributed by atoms with van der Waals surface area (Å²) in [6.45, 7) is 3.72. The lowest BCUT2D eigenvalue weighted by Gasteiger charge is -2.11. The van der Waals surface area contributed by atoms with Crippen LogP contribution in [0.3, 0.4) is 0 Å². The van der Waals surface area contributed by atoms with Gasteiger partial charge in [-0.25, -0.2) is 13.1 Å². The van der Waals surface area contributed by atoms with Crippen molar-refractivity contribution in [2.75, 3.05) is 5.73 Å². The van der Waals surface area contributed by atoms with Crippen molar-refractivity contribution in [2.24, 2.45) is 7.05 Å². The summed E-state index contributed by atoms with van der Waals surface area (Å²) >= 11 is 0. The fraction of sp³-hybridized carbons (Fsp3) is 0.308. The Morgan fingerprint density at radius 3 is 2.65 bits per heavy atom. The van der Waals surface area contributed by atoms with E-state index in [9.17, 15) is 8.42 Å². The number of nitrogens with two attached hydrogens (primary N) is 1. The van der Waals surface area contributed by atoms with E-state index in [1.165, 1.54) is 0 Å². The fourth-order valence-electron chi connectivity index (χ4n) is 1.95. The summed E-state index contributed by atoms with van der Waals surface area (Å²) in [4.78, 5) is 0.221. The molecule has 0 bridgehead atoms. The Balaban J connectivity index is 2.27. The first-order chi connectivity index (χ1) is 9.29. The number of aromatic nitrogens is 2. The molecule has 1 aromatic carbocycles. The quantitative estimate of drug-likeness (QED) is 0.826. The Kier molecular flexibility index (Phi) is 3.82. The molecule has 0 unspecified atom stereocenters. The van der Waals surface area contributed by atoms with Crippen LogP contribution in [-0.4, -0.2) is 18.2 Å². The second-order valence-electron chi connectivity index (χ2n) is 4.82. The van der Waals surface area contributed by atoms with Gasteiger partial charge in [-0.05, 0) is 37.1 Å². The van der Waals surface area contributed by atoms with Crippen LogP contribution in [0.4, 0.5) is 5.69 Å². The predicted octanol–water partition coefficient (Wildman–Crippen LogP) is 1.10. The average molecular weight is 294 g/mol. The van der Waals surface area contributed by atoms with Crippen LogP contribution < -0.4 is 10.5 Å². The topological polar surface area (TPSA) is 90.0 Å². The van der Waals surface area contributed by atoms with Crippen LogP contribution in [0.25, 0.3) is 0 Å². The van der Waals surface area contributed by atoms with Gasteiger partial charge in [0.2, 0.25) is 10.0 Å². The molecule has 3 N–H and O–H groups in total. The van der Waals surface area contributed by atoms with Gasteiger partial charge in [0.05, 0.1) is 11.1 Å². The average Bonchev–Trinajstić information content (AvgIpc) is 2.77. The van der Waals surface area contributed by atoms with Gasteiger partial charge in [-0.15, -0.1) is 0 Å². The zero-order chi connectivity index (χ0) is 14.9. The Labute approximate surface area is 118 Å². The molecule has 1 heterocycles. The molecule has 0 radical (unpaired) electrons. The number of rotatable bonds is 4. The molecule has 20 heavy (non-hydrogen) atoms. The normalized spacial score (nSPS) is 11.8. The zero-order valence-electron chi connectivity index (χ0n) is 11.7. The van der Waals surface area contributed by atoms with Gasteiger partial charge in [0.25, 0.3) is 0 Å². The second-order valence-corrected chi connectivity index (χ2v) is 6.56. The first-order valence-corrected chi connectivity index (χ1v) is 7.62. The summed E-state index contributed by atoms with van der Waals surface area (Å²) in [5, 5.41) is 4.00. The standard InChI is InChI=1S/C13H18N4O2S/c1-9-4-12(14)10(2)13(5-9)20(18,19)16-7-11-6-15-17(3)8-11/h4-6,8,16H,7,14H2,1-3H3. The van der Waals surface area contributed by atoms with Crippen LogP contribution in [0.5, 0.6) is 0 Å². The van der Waals surface area contributed by atoms with E-state index in [0.717, 1.165) is 11.1 Å². The van der Waals surface area contributed by atoms with Gasteiger partial charge >= 0.3 is 0 Å². The van der Waals surface area contributed by atoms with Crippen molar-refractivity contribution in [3.05, 3.63) is 41.2 Å². The summed E-state index contributed by atoms with van der Waals surface area (Å²) in [5.74, 6) is 0. The minimum atomic E-state index is -3.59. The highest BCUT2D eigenvalue weighted by molar-refractivity contribution is 7.89. The lowest BCUT2D eigenvalue weighted by molar-refractivity contribution is 0.580. The largest absolute Gasteiger partial charge is 0.398 e. The highest BCUT2D eigenvalue weighted by atomic mass is 32.2. The minimum Gasteiger partial charge on any atom is -0.398 e. The number of nitrogen functional groups attached to an aromatic ring is 1. The number of anilines is 1. The van der Waals surface area contributed by atoms with Gasteiger partial charge in [-0.2, -0.15) is 5.10 Å². The van der Waals surface area contributed by atoms with Gasteiger partial charge in [-0.3, -0.25) is 4.68 Å². The summed E-state index contributed by atoms with van der Waals surface area (Å²) in [6.07, 6.45) is 3.39. The number of nitrogens with zero attached hydrogens (tertiary/aromatic N) is 2. The van der Waals surface area contributed by atoms with Crippen LogP contribution in [0.1, 0.15) is 16.7 Å². The molecule has 0 amide bonds. The van der Waals surface area contributed by atoms with E-state index in [-0.39, 0.29) is 11.4 Å². The molecule has 0 aliphatic rings. The van der Waals surface area contributed by atoms with Crippen molar-refractivity contribution in [1.82, 2.24) is 14.5 Å². The van der Waals surface area contributed by atoms with E-state index in [4.69, 9.17) is 5.73 Å². The predicted molar refractivity (Wildman–Crippen MR) is 77.6 cm³/mol. The number of hydrogen-bond donors (Lipinski definition) is 2. The molecule has 0 atom stereocenters. The number of nitrogens with one attached hydrogen (secondary N) is 1. The molecule has 7 heteroatoms. The highest BCUT2D eigenvalue weighted by Gasteiger charge is 2.18. The van der Waals surface area contributed by atoms with Crippen LogP contribution >= 0.6 is 0 Å². The van der Waals surface area contributed by atoms with Crippen molar-refractivity contribution in [1.29, 1.82) is 0 Å². The molecule has 0 saturated heterocycles. The third-order valence-electron chi connectivity index (χ3n) is 3.06. The maximum atomic E-state index is 12.3. The molecular formula is C13H18N4O2S. The molecule has 108 valence electrons. The fourth-order valence-corrected chi connectivity index (χ4v) is 3.33. The monoisotopic (exact) mass is 294 g/mol. The Morgan fingerprint density at radius 2 is 2.05 bits per heavy atom. The Morgan fingerprint density at radius 1 is 1.35 bits per heavy atom. The first-order valence-electron chi connectivity index (χ1n) is 6.13. The van der Waals surface area contributed by atoms with E-state index in [1.807, 2.05) is 6.92 Å². The third-order valence-corrected chi connectivity index (χ3v) is 4.59. The number of hydrogen-bond acceptors (Lipinski definition) is 4. The van der Waals surface area contributed by atoms with Gasteiger partial charge < -0.3 is 5.73 Å². The molecule has 2 rings (SSSR count). The van der Waals surface area contributed by atoms with Crippen molar-refractivity contribution in [3.63, 3.8) is 0 Å². The van der Waals surface area contributed by atoms with Gasteiger partial charge in [-0.1, -0.05) is 0 Å². The van der Waals surface area contributed by atoms with Crippen LogP contribution in [0.2, 0.25) is 0 Å². The van der Waals surface area contributed by atoms with E-state index in [1.54, 1.807) is 43.2 Å². The van der Waals surface area contributed by atoms with E-state index in [2.05, 4.69) is 9.82 Å². The smallest absolute Gasteiger partial charge is 0.241 e. The Bertz CT molecular complexity index is 735. The third kappa shape index (κ3) is 3.00. The summed E-state index contributed by atoms with van der Waals surface area (Å²) in [7, 11) is -1.81. The number of sulfonamides is 1. The molecule has 2 aromatic rings. The van der Waals surface area contributed by atoms with Crippen molar-refractivity contribution < 1.29 is 8.42 Å². The number of benzene rings is 1. The lowest BCUT2D eigenvalue weighted by Crippen LogP contribution is -2.24. The van der Waals surface area contributed by atoms with Crippen LogP contribution in [0, 0.1) is 13.8 Å². The maximum absolute atomic E-state index is 12.3. The van der Waals surface area contributed by atoms with Crippen molar-refractivity contribution in [3.8, 4) is 0 Å². The Hall–Kier alpha value is -1.86. The van der Waals surface area contributed by atoms with E-state index in [0.29, 0.717) is 11.3 Å². The second kappa shape index (κ2) is 5.26. The molecule has 6 nitrogen and oxygen atoms in total. The first kappa shape index (κ1) is 14.5. The number of aryl methyl sites for hydroxylation is 2. The molecule has 0 aliphatic carbocycles. The van der Waals surface area contributed by atoms with E-state index < -0.39 is 10.0 Å². The van der Waals surface area contributed by atoms with Gasteiger partial charge in [0.1, 0.15) is 0 Å². The van der Waals surface area contributed by atoms with E-state index >= 15 is 0 Å². The summed E-state index contributed by atoms with van der Waals surface area (Å²) in [5.41, 5.74) is 8.48. The maximum Gasteiger partial charge on any atom is 0.241 e. The highest BCUT2D eigenvalue weighted by Crippen LogP contribution is 2.23. The molecule has 0 spiro atoms. The lowest BCUT2D eigenvalue weighted by atomic mass is 10.1. The van der Waals surface area contributed by atoms with Crippen LogP contribution in [0.15, 0.2) is 29.4 Å². The molecule has 1 aromatic heterocycles. The summed E-state index contributed by atoms with van der Waals surface area (Å²) in [6, 6.07) is 3.38. The molecule has 0 fully saturated rings. The summed E-state index contributed by atoms with van der Waals surface area (Å²) < 4.78 is 28.9. The van der Waals surface area contributed by atoms with Crippen molar-refractivity contribution in [2.45, 2.75) is 25.3 Å². The van der Waals surface area contributed by atoms with Crippen LogP contribution in [-0.2, 0) is 23.6 Å². The zero-order valence-corrected chi connectivity index (χ0v) is 12.5. The SMILES string of the molecule is Cc1cc(N)c(C)c(S(=O)(=O)NCc2cnn(C)c2)c1. The molecule has 0 aliphatic heterocycles. The molecule has 0 saturated carbocycles. The molecular weight excluding hydrogens is 276 g/mol. The van der Waals surface area contributed by atoms with Gasteiger partial charge in [0.15, 0.2) is 0 Å². The van der Waals surface area contributed by atoms with Gasteiger partial charge in [0, 0.05) is 31.0 Å².